The van der Waals surface area contributed by atoms with E-state index in [-0.39, 0.29) is 17.3 Å². The lowest BCUT2D eigenvalue weighted by Gasteiger charge is -2.21. The molecule has 1 aromatic carbocycles. The Kier molecular flexibility index (Phi) is 4.49. The fourth-order valence-electron chi connectivity index (χ4n) is 1.85. The topological polar surface area (TPSA) is 80.5 Å². The molecule has 2 rings (SSSR count). The van der Waals surface area contributed by atoms with Gasteiger partial charge in [-0.3, -0.25) is 24.6 Å². The molecule has 0 saturated heterocycles. The third-order valence-electron chi connectivity index (χ3n) is 2.89. The molecule has 1 aliphatic rings. The largest absolute Gasteiger partial charge is 0.274 e. The minimum Gasteiger partial charge on any atom is -0.274 e. The summed E-state index contributed by atoms with van der Waals surface area (Å²) < 4.78 is 0. The zero-order chi connectivity index (χ0) is 15.4. The van der Waals surface area contributed by atoms with Gasteiger partial charge >= 0.3 is 0 Å². The average molecular weight is 307 g/mol. The third kappa shape index (κ3) is 3.55. The summed E-state index contributed by atoms with van der Waals surface area (Å²) in [5.74, 6) is -1.03. The van der Waals surface area contributed by atoms with Crippen molar-refractivity contribution in [1.29, 1.82) is 0 Å². The first kappa shape index (κ1) is 14.9. The smallest absolute Gasteiger partial charge is 0.271 e. The first-order chi connectivity index (χ1) is 9.99. The molecule has 0 unspecified atom stereocenters. The van der Waals surface area contributed by atoms with Crippen LogP contribution in [0.2, 0.25) is 0 Å². The molecule has 7 heteroatoms. The first-order valence-electron chi connectivity index (χ1n) is 6.13. The van der Waals surface area contributed by atoms with Crippen LogP contribution in [-0.4, -0.2) is 28.2 Å². The van der Waals surface area contributed by atoms with Gasteiger partial charge in [-0.2, -0.15) is 0 Å². The van der Waals surface area contributed by atoms with Gasteiger partial charge in [0.25, 0.3) is 17.5 Å². The van der Waals surface area contributed by atoms with Crippen LogP contribution in [0.15, 0.2) is 41.4 Å². The molecule has 108 valence electrons. The first-order valence-corrected chi connectivity index (χ1v) is 6.51. The maximum atomic E-state index is 11.9. The zero-order valence-electron chi connectivity index (χ0n) is 10.9. The highest BCUT2D eigenvalue weighted by Crippen LogP contribution is 2.17. The van der Waals surface area contributed by atoms with E-state index < -0.39 is 16.7 Å². The number of benzene rings is 1. The second-order valence-corrected chi connectivity index (χ2v) is 4.73. The number of hydrogen-bond donors (Lipinski definition) is 0. The van der Waals surface area contributed by atoms with Crippen LogP contribution in [0.3, 0.4) is 0 Å². The van der Waals surface area contributed by atoms with Gasteiger partial charge in [-0.15, -0.1) is 0 Å². The van der Waals surface area contributed by atoms with Crippen LogP contribution in [0.25, 0.3) is 6.08 Å². The van der Waals surface area contributed by atoms with Crippen molar-refractivity contribution in [2.24, 2.45) is 0 Å². The predicted octanol–water partition coefficient (Wildman–Crippen LogP) is 2.49. The molecule has 1 heterocycles. The molecule has 0 aliphatic carbocycles. The van der Waals surface area contributed by atoms with E-state index in [2.05, 4.69) is 0 Å². The SMILES string of the molecule is O=C(/C=C/c1cccc([N+](=O)[O-])c1)N1CCC=C(Cl)C1=O. The fraction of sp³-hybridized carbons (Fsp3) is 0.143. The summed E-state index contributed by atoms with van der Waals surface area (Å²) in [6.07, 6.45) is 4.71. The quantitative estimate of drug-likeness (QED) is 0.488. The number of nitrogens with zero attached hydrogens (tertiary/aromatic N) is 2. The van der Waals surface area contributed by atoms with Gasteiger partial charge in [-0.1, -0.05) is 29.8 Å². The van der Waals surface area contributed by atoms with Gasteiger partial charge < -0.3 is 0 Å². The molecule has 0 radical (unpaired) electrons. The van der Waals surface area contributed by atoms with Gasteiger partial charge in [0, 0.05) is 24.8 Å². The van der Waals surface area contributed by atoms with Crippen LogP contribution in [0.1, 0.15) is 12.0 Å². The van der Waals surface area contributed by atoms with E-state index in [1.807, 2.05) is 0 Å². The van der Waals surface area contributed by atoms with Gasteiger partial charge in [0.2, 0.25) is 0 Å². The van der Waals surface area contributed by atoms with Crippen molar-refractivity contribution in [3.8, 4) is 0 Å². The van der Waals surface area contributed by atoms with E-state index in [4.69, 9.17) is 11.6 Å². The Balaban J connectivity index is 2.12. The summed E-state index contributed by atoms with van der Waals surface area (Å²) in [5, 5.41) is 10.7. The number of nitro benzene ring substituents is 1. The molecule has 0 N–H and O–H groups in total. The standard InChI is InChI=1S/C14H11ClN2O4/c15-12-5-2-8-16(14(12)19)13(18)7-6-10-3-1-4-11(9-10)17(20)21/h1,3-7,9H,2,8H2/b7-6+. The maximum absolute atomic E-state index is 11.9. The molecule has 1 aromatic rings. The summed E-state index contributed by atoms with van der Waals surface area (Å²) >= 11 is 5.70. The highest BCUT2D eigenvalue weighted by Gasteiger charge is 2.24. The minimum atomic E-state index is -0.531. The van der Waals surface area contributed by atoms with Crippen molar-refractivity contribution >= 4 is 35.2 Å². The molecule has 0 saturated carbocycles. The molecule has 21 heavy (non-hydrogen) atoms. The number of amides is 2. The molecule has 0 bridgehead atoms. The van der Waals surface area contributed by atoms with Crippen LogP contribution in [-0.2, 0) is 9.59 Å². The molecule has 6 nitrogen and oxygen atoms in total. The van der Waals surface area contributed by atoms with Crippen molar-refractivity contribution in [3.63, 3.8) is 0 Å². The Hall–Kier alpha value is -2.47. The number of carbonyl (C=O) groups excluding carboxylic acids is 2. The van der Waals surface area contributed by atoms with Crippen molar-refractivity contribution in [2.45, 2.75) is 6.42 Å². The van der Waals surface area contributed by atoms with Crippen LogP contribution < -0.4 is 0 Å². The van der Waals surface area contributed by atoms with Crippen LogP contribution in [0, 0.1) is 10.1 Å². The van der Waals surface area contributed by atoms with E-state index in [9.17, 15) is 19.7 Å². The number of carbonyl (C=O) groups is 2. The van der Waals surface area contributed by atoms with Crippen molar-refractivity contribution in [3.05, 3.63) is 57.1 Å². The number of imide groups is 1. The molecule has 0 fully saturated rings. The fourth-order valence-corrected chi connectivity index (χ4v) is 2.06. The lowest BCUT2D eigenvalue weighted by atomic mass is 10.2. The van der Waals surface area contributed by atoms with Gasteiger partial charge in [0.15, 0.2) is 0 Å². The Bertz CT molecular complexity index is 667. The van der Waals surface area contributed by atoms with Crippen LogP contribution in [0.5, 0.6) is 0 Å². The van der Waals surface area contributed by atoms with E-state index in [0.29, 0.717) is 12.0 Å². The van der Waals surface area contributed by atoms with Crippen LogP contribution in [0.4, 0.5) is 5.69 Å². The second kappa shape index (κ2) is 6.32. The summed E-state index contributed by atoms with van der Waals surface area (Å²) in [6, 6.07) is 5.85. The number of non-ortho nitro benzene ring substituents is 1. The lowest BCUT2D eigenvalue weighted by molar-refractivity contribution is -0.384. The zero-order valence-corrected chi connectivity index (χ0v) is 11.6. The van der Waals surface area contributed by atoms with E-state index in [1.165, 1.54) is 30.4 Å². The highest BCUT2D eigenvalue weighted by molar-refractivity contribution is 6.43. The monoisotopic (exact) mass is 306 g/mol. The predicted molar refractivity (Wildman–Crippen MR) is 77.4 cm³/mol. The number of rotatable bonds is 3. The number of nitro groups is 1. The minimum absolute atomic E-state index is 0.0262. The Labute approximate surface area is 125 Å². The van der Waals surface area contributed by atoms with Gasteiger partial charge in [0.05, 0.1) is 4.92 Å². The number of halogens is 1. The van der Waals surface area contributed by atoms with Crippen molar-refractivity contribution in [1.82, 2.24) is 4.90 Å². The second-order valence-electron chi connectivity index (χ2n) is 4.32. The normalized spacial score (nSPS) is 15.2. The van der Waals surface area contributed by atoms with E-state index in [1.54, 1.807) is 12.1 Å². The Morgan fingerprint density at radius 2 is 2.19 bits per heavy atom. The lowest BCUT2D eigenvalue weighted by Crippen LogP contribution is -2.38. The van der Waals surface area contributed by atoms with Crippen molar-refractivity contribution < 1.29 is 14.5 Å². The van der Waals surface area contributed by atoms with Crippen molar-refractivity contribution in [2.75, 3.05) is 6.54 Å². The molecule has 0 atom stereocenters. The molecular weight excluding hydrogens is 296 g/mol. The Morgan fingerprint density at radius 3 is 2.90 bits per heavy atom. The highest BCUT2D eigenvalue weighted by atomic mass is 35.5. The van der Waals surface area contributed by atoms with Crippen LogP contribution >= 0.6 is 11.6 Å². The summed E-state index contributed by atoms with van der Waals surface area (Å²) in [6.45, 7) is 0.271. The maximum Gasteiger partial charge on any atom is 0.271 e. The van der Waals surface area contributed by atoms with E-state index in [0.717, 1.165) is 4.90 Å². The Morgan fingerprint density at radius 1 is 1.43 bits per heavy atom. The van der Waals surface area contributed by atoms with Gasteiger partial charge in [0.1, 0.15) is 5.03 Å². The summed E-state index contributed by atoms with van der Waals surface area (Å²) in [5.41, 5.74) is 0.438. The van der Waals surface area contributed by atoms with Gasteiger partial charge in [-0.25, -0.2) is 0 Å². The third-order valence-corrected chi connectivity index (χ3v) is 3.21. The molecular formula is C14H11ClN2O4. The molecule has 0 aromatic heterocycles. The molecule has 0 spiro atoms. The molecule has 2 amide bonds. The average Bonchev–Trinajstić information content (AvgIpc) is 2.48. The summed E-state index contributed by atoms with van der Waals surface area (Å²) in [4.78, 5) is 34.8. The summed E-state index contributed by atoms with van der Waals surface area (Å²) in [7, 11) is 0. The van der Waals surface area contributed by atoms with Gasteiger partial charge in [-0.05, 0) is 18.1 Å². The van der Waals surface area contributed by atoms with E-state index >= 15 is 0 Å². The molecule has 1 aliphatic heterocycles. The number of hydrogen-bond acceptors (Lipinski definition) is 4.